The molecule has 192 valence electrons. The molecule has 1 N–H and O–H groups in total. The van der Waals surface area contributed by atoms with Crippen molar-refractivity contribution < 1.29 is 22.7 Å². The van der Waals surface area contributed by atoms with Crippen LogP contribution >= 0.6 is 11.3 Å². The van der Waals surface area contributed by atoms with Crippen LogP contribution in [0.4, 0.5) is 4.79 Å². The molecule has 4 rings (SSSR count). The minimum absolute atomic E-state index is 0.00456. The number of likely N-dealkylation sites (tertiary alicyclic amines) is 1. The quantitative estimate of drug-likeness (QED) is 0.601. The topological polar surface area (TPSA) is 117 Å². The van der Waals surface area contributed by atoms with E-state index in [1.54, 1.807) is 49.9 Å². The fraction of sp³-hybridized carbons (Fsp3) is 0.500. The summed E-state index contributed by atoms with van der Waals surface area (Å²) >= 11 is 1.49. The summed E-state index contributed by atoms with van der Waals surface area (Å²) < 4.78 is 28.9. The molecule has 8 nitrogen and oxygen atoms in total. The maximum atomic E-state index is 13.3. The van der Waals surface area contributed by atoms with E-state index in [1.807, 2.05) is 12.1 Å². The van der Waals surface area contributed by atoms with E-state index in [1.165, 1.54) is 17.6 Å². The Labute approximate surface area is 216 Å². The Morgan fingerprint density at radius 1 is 1.19 bits per heavy atom. The van der Waals surface area contributed by atoms with Crippen molar-refractivity contribution in [3.63, 3.8) is 0 Å². The van der Waals surface area contributed by atoms with Crippen molar-refractivity contribution in [2.75, 3.05) is 6.26 Å². The molecule has 4 atom stereocenters. The van der Waals surface area contributed by atoms with Gasteiger partial charge in [-0.25, -0.2) is 13.2 Å². The zero-order chi connectivity index (χ0) is 26.3. The third-order valence-corrected chi connectivity index (χ3v) is 8.85. The third-order valence-electron chi connectivity index (χ3n) is 6.56. The number of hydrogen-bond donors (Lipinski definition) is 1. The van der Waals surface area contributed by atoms with Crippen molar-refractivity contribution in [1.82, 2.24) is 10.2 Å². The van der Waals surface area contributed by atoms with E-state index in [0.29, 0.717) is 6.42 Å². The number of fused-ring (bicyclic) bond motifs is 2. The lowest BCUT2D eigenvalue weighted by atomic mass is 9.97. The molecule has 1 aromatic heterocycles. The summed E-state index contributed by atoms with van der Waals surface area (Å²) in [4.78, 5) is 29.8. The van der Waals surface area contributed by atoms with Crippen molar-refractivity contribution in [2.45, 2.75) is 75.1 Å². The first kappa shape index (κ1) is 26.2. The second kappa shape index (κ2) is 9.87. The number of sulfone groups is 1. The monoisotopic (exact) mass is 529 g/mol. The molecular weight excluding hydrogens is 498 g/mol. The second-order valence-electron chi connectivity index (χ2n) is 10.5. The molecule has 1 aliphatic carbocycles. The van der Waals surface area contributed by atoms with Crippen LogP contribution in [0.25, 0.3) is 10.4 Å². The zero-order valence-corrected chi connectivity index (χ0v) is 22.5. The van der Waals surface area contributed by atoms with Crippen molar-refractivity contribution in [2.24, 2.45) is 5.92 Å². The van der Waals surface area contributed by atoms with Crippen LogP contribution in [-0.2, 0) is 25.8 Å². The van der Waals surface area contributed by atoms with Gasteiger partial charge in [-0.15, -0.1) is 11.3 Å². The first-order valence-electron chi connectivity index (χ1n) is 12.0. The van der Waals surface area contributed by atoms with Gasteiger partial charge in [0, 0.05) is 28.5 Å². The van der Waals surface area contributed by atoms with Gasteiger partial charge in [-0.3, -0.25) is 9.69 Å². The highest BCUT2D eigenvalue weighted by Crippen LogP contribution is 2.43. The summed E-state index contributed by atoms with van der Waals surface area (Å²) in [5.74, 6) is -0.238. The predicted molar refractivity (Wildman–Crippen MR) is 137 cm³/mol. The van der Waals surface area contributed by atoms with Crippen molar-refractivity contribution >= 4 is 33.2 Å². The standard InChI is InChI=1S/C26H31N3O5S2/c1-26(2,3)34-25(31)29-19-8-5-17(13-19)23(29)24(30)28-18(15-27)14-20-9-12-22(35-20)16-6-10-21(11-7-16)36(4,32)33/h6-7,9-12,17-19,23H,5,8,13-14H2,1-4H3,(H,28,30)/t17-,18-,19+,23-/m0/s1. The molecule has 2 amide bonds. The van der Waals surface area contributed by atoms with Crippen LogP contribution in [0.1, 0.15) is 44.9 Å². The number of thiophene rings is 1. The van der Waals surface area contributed by atoms with Gasteiger partial charge in [-0.2, -0.15) is 5.26 Å². The Hall–Kier alpha value is -2.90. The third kappa shape index (κ3) is 5.73. The van der Waals surface area contributed by atoms with E-state index in [2.05, 4.69) is 11.4 Å². The highest BCUT2D eigenvalue weighted by atomic mass is 32.2. The fourth-order valence-corrected chi connectivity index (χ4v) is 6.69. The van der Waals surface area contributed by atoms with Crippen LogP contribution < -0.4 is 5.32 Å². The highest BCUT2D eigenvalue weighted by molar-refractivity contribution is 7.90. The van der Waals surface area contributed by atoms with E-state index in [9.17, 15) is 23.3 Å². The van der Waals surface area contributed by atoms with Crippen molar-refractivity contribution in [1.29, 1.82) is 5.26 Å². The van der Waals surface area contributed by atoms with Gasteiger partial charge in [0.2, 0.25) is 5.91 Å². The second-order valence-corrected chi connectivity index (χ2v) is 13.7. The van der Waals surface area contributed by atoms with Crippen molar-refractivity contribution in [3.05, 3.63) is 41.3 Å². The molecule has 0 spiro atoms. The number of ether oxygens (including phenoxy) is 1. The van der Waals surface area contributed by atoms with E-state index >= 15 is 0 Å². The SMILES string of the molecule is CC(C)(C)OC(=O)N1[C@@H]2CC[C@@H](C2)[C@H]1C(=O)N[C@H](C#N)Cc1ccc(-c2ccc(S(C)(=O)=O)cc2)s1. The van der Waals surface area contributed by atoms with E-state index in [-0.39, 0.29) is 22.8 Å². The van der Waals surface area contributed by atoms with E-state index < -0.39 is 33.6 Å². The number of piperidine rings is 1. The Morgan fingerprint density at radius 3 is 2.50 bits per heavy atom. The number of carbonyl (C=O) groups is 2. The number of amides is 2. The number of nitriles is 1. The van der Waals surface area contributed by atoms with Gasteiger partial charge >= 0.3 is 6.09 Å². The maximum absolute atomic E-state index is 13.3. The van der Waals surface area contributed by atoms with Gasteiger partial charge in [-0.05, 0) is 75.8 Å². The molecule has 1 aliphatic heterocycles. The van der Waals surface area contributed by atoms with Crippen LogP contribution in [0.2, 0.25) is 0 Å². The summed E-state index contributed by atoms with van der Waals surface area (Å²) in [5.41, 5.74) is 0.225. The van der Waals surface area contributed by atoms with Gasteiger partial charge in [0.15, 0.2) is 9.84 Å². The summed E-state index contributed by atoms with van der Waals surface area (Å²) in [6.45, 7) is 5.40. The zero-order valence-electron chi connectivity index (χ0n) is 20.9. The maximum Gasteiger partial charge on any atom is 0.411 e. The molecule has 1 saturated heterocycles. The average Bonchev–Trinajstić information content (AvgIpc) is 3.53. The van der Waals surface area contributed by atoms with Gasteiger partial charge in [0.05, 0.1) is 11.0 Å². The number of nitrogens with zero attached hydrogens (tertiary/aromatic N) is 2. The van der Waals surface area contributed by atoms with Crippen LogP contribution in [0, 0.1) is 17.2 Å². The predicted octanol–water partition coefficient (Wildman–Crippen LogP) is 4.16. The van der Waals surface area contributed by atoms with E-state index in [4.69, 9.17) is 4.74 Å². The normalized spacial score (nSPS) is 22.2. The average molecular weight is 530 g/mol. The number of carbonyl (C=O) groups excluding carboxylic acids is 2. The molecular formula is C26H31N3O5S2. The minimum Gasteiger partial charge on any atom is -0.444 e. The molecule has 36 heavy (non-hydrogen) atoms. The molecule has 2 bridgehead atoms. The number of hydrogen-bond acceptors (Lipinski definition) is 7. The molecule has 2 aromatic rings. The molecule has 2 fully saturated rings. The first-order chi connectivity index (χ1) is 16.9. The Kier molecular flexibility index (Phi) is 7.17. The van der Waals surface area contributed by atoms with Crippen LogP contribution in [0.5, 0.6) is 0 Å². The Bertz CT molecular complexity index is 1290. The van der Waals surface area contributed by atoms with Gasteiger partial charge < -0.3 is 10.1 Å². The molecule has 1 aromatic carbocycles. The number of benzene rings is 1. The molecule has 10 heteroatoms. The number of nitrogens with one attached hydrogen (secondary N) is 1. The largest absolute Gasteiger partial charge is 0.444 e. The van der Waals surface area contributed by atoms with Gasteiger partial charge in [-0.1, -0.05) is 12.1 Å². The summed E-state index contributed by atoms with van der Waals surface area (Å²) in [7, 11) is -3.26. The van der Waals surface area contributed by atoms with Gasteiger partial charge in [0.1, 0.15) is 17.7 Å². The molecule has 2 aliphatic rings. The first-order valence-corrected chi connectivity index (χ1v) is 14.7. The minimum atomic E-state index is -3.26. The lowest BCUT2D eigenvalue weighted by molar-refractivity contribution is -0.128. The smallest absolute Gasteiger partial charge is 0.411 e. The van der Waals surface area contributed by atoms with E-state index in [0.717, 1.165) is 34.6 Å². The van der Waals surface area contributed by atoms with Crippen LogP contribution in [-0.4, -0.2) is 55.3 Å². The summed E-state index contributed by atoms with van der Waals surface area (Å²) in [6, 6.07) is 11.3. The van der Waals surface area contributed by atoms with Gasteiger partial charge in [0.25, 0.3) is 0 Å². The molecule has 0 unspecified atom stereocenters. The fourth-order valence-electron chi connectivity index (χ4n) is 5.00. The lowest BCUT2D eigenvalue weighted by Gasteiger charge is -2.35. The summed E-state index contributed by atoms with van der Waals surface area (Å²) in [5, 5.41) is 12.6. The molecule has 2 heterocycles. The van der Waals surface area contributed by atoms with Crippen LogP contribution in [0.3, 0.4) is 0 Å². The van der Waals surface area contributed by atoms with Crippen molar-refractivity contribution in [3.8, 4) is 16.5 Å². The Balaban J connectivity index is 1.43. The lowest BCUT2D eigenvalue weighted by Crippen LogP contribution is -2.55. The molecule has 0 radical (unpaired) electrons. The highest BCUT2D eigenvalue weighted by Gasteiger charge is 2.52. The van der Waals surface area contributed by atoms with Crippen LogP contribution in [0.15, 0.2) is 41.3 Å². The number of rotatable bonds is 6. The summed E-state index contributed by atoms with van der Waals surface area (Å²) in [6.07, 6.45) is 3.55. The molecule has 1 saturated carbocycles. The Morgan fingerprint density at radius 2 is 1.89 bits per heavy atom.